The van der Waals surface area contributed by atoms with Crippen LogP contribution in [0.5, 0.6) is 0 Å². The lowest BCUT2D eigenvalue weighted by Gasteiger charge is -2.31. The maximum absolute atomic E-state index is 12.3. The molecule has 0 radical (unpaired) electrons. The summed E-state index contributed by atoms with van der Waals surface area (Å²) >= 11 is 0. The highest BCUT2D eigenvalue weighted by molar-refractivity contribution is 5.78. The van der Waals surface area contributed by atoms with Crippen LogP contribution in [0.2, 0.25) is 0 Å². The minimum atomic E-state index is -0.374. The number of nitrogens with zero attached hydrogens (tertiary/aromatic N) is 1. The maximum Gasteiger partial charge on any atom is 0.318 e. The molecule has 1 atom stereocenters. The molecule has 0 heterocycles. The predicted molar refractivity (Wildman–Crippen MR) is 79.2 cm³/mol. The highest BCUT2D eigenvalue weighted by Crippen LogP contribution is 2.11. The van der Waals surface area contributed by atoms with E-state index in [4.69, 9.17) is 0 Å². The Morgan fingerprint density at radius 3 is 2.16 bits per heavy atom. The standard InChI is InChI=1S/C15H30N2O2/c1-6-9-17(14(7-2)8-3)15(19)16-13(11-18)10-12(4)5/h11-14H,6-10H2,1-5H3,(H,16,19)/t13-/m0/s1. The van der Waals surface area contributed by atoms with Crippen LogP contribution in [0.15, 0.2) is 0 Å². The third-order valence-corrected chi connectivity index (χ3v) is 3.31. The molecule has 0 aliphatic rings. The predicted octanol–water partition coefficient (Wildman–Crippen LogP) is 3.21. The lowest BCUT2D eigenvalue weighted by atomic mass is 10.0. The van der Waals surface area contributed by atoms with Gasteiger partial charge in [-0.1, -0.05) is 34.6 Å². The monoisotopic (exact) mass is 270 g/mol. The molecule has 0 spiro atoms. The SMILES string of the molecule is CCCN(C(=O)N[C@H](C=O)CC(C)C)C(CC)CC. The number of carbonyl (C=O) groups is 2. The van der Waals surface area contributed by atoms with Gasteiger partial charge in [0, 0.05) is 12.6 Å². The molecule has 0 unspecified atom stereocenters. The largest absolute Gasteiger partial charge is 0.328 e. The van der Waals surface area contributed by atoms with E-state index in [2.05, 4.69) is 26.1 Å². The molecule has 0 saturated heterocycles. The van der Waals surface area contributed by atoms with Crippen molar-refractivity contribution in [3.05, 3.63) is 0 Å². The zero-order valence-electron chi connectivity index (χ0n) is 13.1. The minimum Gasteiger partial charge on any atom is -0.328 e. The molecular weight excluding hydrogens is 240 g/mol. The van der Waals surface area contributed by atoms with Crippen molar-refractivity contribution in [3.8, 4) is 0 Å². The van der Waals surface area contributed by atoms with Crippen molar-refractivity contribution in [2.24, 2.45) is 5.92 Å². The molecule has 0 bridgehead atoms. The van der Waals surface area contributed by atoms with Gasteiger partial charge in [0.05, 0.1) is 6.04 Å². The van der Waals surface area contributed by atoms with Crippen LogP contribution in [0.1, 0.15) is 60.3 Å². The van der Waals surface area contributed by atoms with Gasteiger partial charge in [0.1, 0.15) is 6.29 Å². The normalized spacial score (nSPS) is 12.6. The van der Waals surface area contributed by atoms with Crippen LogP contribution in [-0.2, 0) is 4.79 Å². The summed E-state index contributed by atoms with van der Waals surface area (Å²) < 4.78 is 0. The molecule has 4 heteroatoms. The summed E-state index contributed by atoms with van der Waals surface area (Å²) in [5.41, 5.74) is 0. The first-order valence-corrected chi connectivity index (χ1v) is 7.52. The van der Waals surface area contributed by atoms with Gasteiger partial charge in [-0.05, 0) is 31.6 Å². The molecular formula is C15H30N2O2. The summed E-state index contributed by atoms with van der Waals surface area (Å²) in [5.74, 6) is 0.392. The summed E-state index contributed by atoms with van der Waals surface area (Å²) in [6, 6.07) is -0.221. The number of hydrogen-bond donors (Lipinski definition) is 1. The summed E-state index contributed by atoms with van der Waals surface area (Å²) in [7, 11) is 0. The van der Waals surface area contributed by atoms with Crippen molar-refractivity contribution < 1.29 is 9.59 Å². The Hall–Kier alpha value is -1.06. The molecule has 0 aromatic heterocycles. The second-order valence-corrected chi connectivity index (χ2v) is 5.49. The average Bonchev–Trinajstić information content (AvgIpc) is 2.37. The molecule has 4 nitrogen and oxygen atoms in total. The topological polar surface area (TPSA) is 49.4 Å². The van der Waals surface area contributed by atoms with Gasteiger partial charge in [0.2, 0.25) is 0 Å². The lowest BCUT2D eigenvalue weighted by molar-refractivity contribution is -0.109. The van der Waals surface area contributed by atoms with Gasteiger partial charge in [-0.2, -0.15) is 0 Å². The van der Waals surface area contributed by atoms with Crippen molar-refractivity contribution in [3.63, 3.8) is 0 Å². The smallest absolute Gasteiger partial charge is 0.318 e. The maximum atomic E-state index is 12.3. The fourth-order valence-corrected chi connectivity index (χ4v) is 2.32. The molecule has 0 fully saturated rings. The lowest BCUT2D eigenvalue weighted by Crippen LogP contribution is -2.50. The first kappa shape index (κ1) is 17.9. The third kappa shape index (κ3) is 6.60. The Labute approximate surface area is 117 Å². The number of aldehydes is 1. The molecule has 19 heavy (non-hydrogen) atoms. The fraction of sp³-hybridized carbons (Fsp3) is 0.867. The average molecular weight is 270 g/mol. The summed E-state index contributed by atoms with van der Waals surface area (Å²) in [6.07, 6.45) is 4.35. The van der Waals surface area contributed by atoms with Crippen molar-refractivity contribution in [2.45, 2.75) is 72.4 Å². The number of urea groups is 1. The van der Waals surface area contributed by atoms with E-state index in [0.29, 0.717) is 12.3 Å². The van der Waals surface area contributed by atoms with E-state index in [1.54, 1.807) is 0 Å². The molecule has 0 saturated carbocycles. The second kappa shape index (κ2) is 9.82. The molecule has 0 aromatic rings. The van der Waals surface area contributed by atoms with E-state index in [9.17, 15) is 9.59 Å². The van der Waals surface area contributed by atoms with Gasteiger partial charge in [-0.15, -0.1) is 0 Å². The quantitative estimate of drug-likeness (QED) is 0.654. The first-order valence-electron chi connectivity index (χ1n) is 7.52. The fourth-order valence-electron chi connectivity index (χ4n) is 2.32. The van der Waals surface area contributed by atoms with Gasteiger partial charge < -0.3 is 15.0 Å². The number of hydrogen-bond acceptors (Lipinski definition) is 2. The minimum absolute atomic E-state index is 0.103. The number of rotatable bonds is 9. The van der Waals surface area contributed by atoms with E-state index in [1.165, 1.54) is 0 Å². The van der Waals surface area contributed by atoms with E-state index >= 15 is 0 Å². The third-order valence-electron chi connectivity index (χ3n) is 3.31. The second-order valence-electron chi connectivity index (χ2n) is 5.49. The van der Waals surface area contributed by atoms with Crippen molar-refractivity contribution in [1.29, 1.82) is 0 Å². The number of nitrogens with one attached hydrogen (secondary N) is 1. The Morgan fingerprint density at radius 2 is 1.79 bits per heavy atom. The first-order chi connectivity index (χ1) is 8.99. The van der Waals surface area contributed by atoms with Crippen molar-refractivity contribution in [1.82, 2.24) is 10.2 Å². The summed E-state index contributed by atoms with van der Waals surface area (Å²) in [4.78, 5) is 25.2. The number of amides is 2. The zero-order valence-corrected chi connectivity index (χ0v) is 13.1. The Bertz CT molecular complexity index is 263. The van der Waals surface area contributed by atoms with Crippen LogP contribution in [0.4, 0.5) is 4.79 Å². The number of carbonyl (C=O) groups excluding carboxylic acids is 2. The van der Waals surface area contributed by atoms with Crippen LogP contribution >= 0.6 is 0 Å². The molecule has 112 valence electrons. The van der Waals surface area contributed by atoms with E-state index < -0.39 is 0 Å². The van der Waals surface area contributed by atoms with Crippen LogP contribution in [0.25, 0.3) is 0 Å². The van der Waals surface area contributed by atoms with Gasteiger partial charge >= 0.3 is 6.03 Å². The van der Waals surface area contributed by atoms with Gasteiger partial charge in [0.25, 0.3) is 0 Å². The van der Waals surface area contributed by atoms with E-state index in [-0.39, 0.29) is 18.1 Å². The Kier molecular flexibility index (Phi) is 9.27. The highest BCUT2D eigenvalue weighted by Gasteiger charge is 2.22. The highest BCUT2D eigenvalue weighted by atomic mass is 16.2. The summed E-state index contributed by atoms with van der Waals surface area (Å²) in [5, 5.41) is 2.85. The molecule has 0 rings (SSSR count). The molecule has 2 amide bonds. The van der Waals surface area contributed by atoms with Gasteiger partial charge in [-0.3, -0.25) is 0 Å². The Balaban J connectivity index is 4.65. The Morgan fingerprint density at radius 1 is 1.21 bits per heavy atom. The zero-order chi connectivity index (χ0) is 14.8. The van der Waals surface area contributed by atoms with Crippen LogP contribution in [-0.4, -0.2) is 35.8 Å². The van der Waals surface area contributed by atoms with E-state index in [1.807, 2.05) is 18.7 Å². The van der Waals surface area contributed by atoms with Gasteiger partial charge in [-0.25, -0.2) is 4.79 Å². The molecule has 0 aliphatic heterocycles. The van der Waals surface area contributed by atoms with Gasteiger partial charge in [0.15, 0.2) is 0 Å². The molecule has 1 N–H and O–H groups in total. The molecule has 0 aromatic carbocycles. The van der Waals surface area contributed by atoms with Crippen molar-refractivity contribution in [2.75, 3.05) is 6.54 Å². The van der Waals surface area contributed by atoms with Crippen LogP contribution < -0.4 is 5.32 Å². The van der Waals surface area contributed by atoms with Crippen molar-refractivity contribution >= 4 is 12.3 Å². The summed E-state index contributed by atoms with van der Waals surface area (Å²) in [6.45, 7) is 11.1. The van der Waals surface area contributed by atoms with Crippen LogP contribution in [0, 0.1) is 5.92 Å². The van der Waals surface area contributed by atoms with E-state index in [0.717, 1.165) is 32.1 Å². The molecule has 0 aliphatic carbocycles. The van der Waals surface area contributed by atoms with Crippen LogP contribution in [0.3, 0.4) is 0 Å².